The Morgan fingerprint density at radius 1 is 0.367 bits per heavy atom. The molecule has 0 aromatic rings. The zero-order valence-corrected chi connectivity index (χ0v) is 34.0. The molecule has 0 heterocycles. The molecule has 0 aromatic heterocycles. The van der Waals surface area contributed by atoms with Gasteiger partial charge in [0.05, 0.1) is 6.61 Å². The van der Waals surface area contributed by atoms with Crippen LogP contribution in [0.5, 0.6) is 0 Å². The molecule has 0 rings (SSSR count). The fourth-order valence-corrected chi connectivity index (χ4v) is 7.08. The molecule has 2 unspecified atom stereocenters. The topological polar surface area (TPSA) is 52.6 Å². The molecule has 0 aliphatic carbocycles. The summed E-state index contributed by atoms with van der Waals surface area (Å²) in [4.78, 5) is 25.2. The maximum absolute atomic E-state index is 12.7. The third-order valence-electron chi connectivity index (χ3n) is 10.5. The van der Waals surface area contributed by atoms with Crippen molar-refractivity contribution in [1.29, 1.82) is 0 Å². The highest BCUT2D eigenvalue weighted by molar-refractivity contribution is 5.69. The molecule has 0 aliphatic heterocycles. The van der Waals surface area contributed by atoms with E-state index in [9.17, 15) is 9.59 Å². The Balaban J connectivity index is 4.27. The Labute approximate surface area is 307 Å². The molecule has 4 nitrogen and oxygen atoms in total. The fraction of sp³-hybridized carbons (Fsp3) is 0.956. The predicted octanol–water partition coefficient (Wildman–Crippen LogP) is 15.2. The van der Waals surface area contributed by atoms with Crippen LogP contribution in [0.15, 0.2) is 0 Å². The lowest BCUT2D eigenvalue weighted by Crippen LogP contribution is -2.18. The van der Waals surface area contributed by atoms with Gasteiger partial charge in [0, 0.05) is 12.8 Å². The van der Waals surface area contributed by atoms with Gasteiger partial charge in [-0.05, 0) is 57.3 Å². The molecule has 0 bridgehead atoms. The smallest absolute Gasteiger partial charge is 0.306 e. The Morgan fingerprint density at radius 3 is 1.08 bits per heavy atom. The highest BCUT2D eigenvalue weighted by atomic mass is 16.5. The lowest BCUT2D eigenvalue weighted by molar-refractivity contribution is -0.150. The third kappa shape index (κ3) is 36.5. The second-order valence-corrected chi connectivity index (χ2v) is 15.5. The summed E-state index contributed by atoms with van der Waals surface area (Å²) in [5.74, 6) is 0.558. The van der Waals surface area contributed by atoms with Crippen molar-refractivity contribution >= 4 is 11.9 Å². The zero-order valence-electron chi connectivity index (χ0n) is 34.0. The lowest BCUT2D eigenvalue weighted by Gasteiger charge is -2.18. The van der Waals surface area contributed by atoms with Crippen LogP contribution in [0.1, 0.15) is 259 Å². The first-order valence-electron chi connectivity index (χ1n) is 22.4. The second-order valence-electron chi connectivity index (χ2n) is 15.5. The summed E-state index contributed by atoms with van der Waals surface area (Å²) in [5, 5.41) is 0. The van der Waals surface area contributed by atoms with Gasteiger partial charge in [0.25, 0.3) is 0 Å². The van der Waals surface area contributed by atoms with E-state index >= 15 is 0 Å². The summed E-state index contributed by atoms with van der Waals surface area (Å²) in [7, 11) is 0. The number of rotatable bonds is 40. The van der Waals surface area contributed by atoms with Crippen LogP contribution in [0.3, 0.4) is 0 Å². The van der Waals surface area contributed by atoms with E-state index in [0.717, 1.165) is 57.8 Å². The number of unbranched alkanes of at least 4 members (excludes halogenated alkanes) is 25. The molecule has 292 valence electrons. The van der Waals surface area contributed by atoms with Gasteiger partial charge in [-0.25, -0.2) is 0 Å². The van der Waals surface area contributed by atoms with Crippen LogP contribution >= 0.6 is 0 Å². The summed E-state index contributed by atoms with van der Waals surface area (Å²) >= 11 is 0. The number of esters is 2. The zero-order chi connectivity index (χ0) is 35.9. The van der Waals surface area contributed by atoms with Crippen molar-refractivity contribution in [1.82, 2.24) is 0 Å². The molecule has 0 saturated carbocycles. The molecular weight excluding hydrogens is 604 g/mol. The van der Waals surface area contributed by atoms with Crippen molar-refractivity contribution in [2.75, 3.05) is 6.61 Å². The van der Waals surface area contributed by atoms with Gasteiger partial charge in [0.1, 0.15) is 6.10 Å². The van der Waals surface area contributed by atoms with Gasteiger partial charge in [-0.1, -0.05) is 195 Å². The first-order valence-corrected chi connectivity index (χ1v) is 22.4. The van der Waals surface area contributed by atoms with Gasteiger partial charge in [-0.2, -0.15) is 0 Å². The fourth-order valence-electron chi connectivity index (χ4n) is 7.08. The molecule has 0 radical (unpaired) electrons. The summed E-state index contributed by atoms with van der Waals surface area (Å²) < 4.78 is 11.8. The Kier molecular flexibility index (Phi) is 38.9. The van der Waals surface area contributed by atoms with Gasteiger partial charge in [0.15, 0.2) is 0 Å². The van der Waals surface area contributed by atoms with E-state index in [1.807, 2.05) is 0 Å². The first-order chi connectivity index (χ1) is 24.1. The summed E-state index contributed by atoms with van der Waals surface area (Å²) in [5.41, 5.74) is 0. The molecule has 0 spiro atoms. The molecular formula is C45H88O4. The maximum atomic E-state index is 12.7. The van der Waals surface area contributed by atoms with E-state index in [4.69, 9.17) is 9.47 Å². The lowest BCUT2D eigenvalue weighted by atomic mass is 9.95. The number of hydrogen-bond donors (Lipinski definition) is 0. The highest BCUT2D eigenvalue weighted by Crippen LogP contribution is 2.21. The summed E-state index contributed by atoms with van der Waals surface area (Å²) in [6.07, 6.45) is 43.2. The number of ether oxygens (including phenoxy) is 2. The molecule has 49 heavy (non-hydrogen) atoms. The van der Waals surface area contributed by atoms with Crippen molar-refractivity contribution < 1.29 is 19.1 Å². The maximum Gasteiger partial charge on any atom is 0.306 e. The van der Waals surface area contributed by atoms with Gasteiger partial charge in [-0.15, -0.1) is 0 Å². The van der Waals surface area contributed by atoms with E-state index in [-0.39, 0.29) is 18.0 Å². The van der Waals surface area contributed by atoms with Gasteiger partial charge in [-0.3, -0.25) is 9.59 Å². The van der Waals surface area contributed by atoms with E-state index < -0.39 is 0 Å². The minimum Gasteiger partial charge on any atom is -0.465 e. The van der Waals surface area contributed by atoms with Crippen LogP contribution < -0.4 is 0 Å². The minimum absolute atomic E-state index is 0.000564. The van der Waals surface area contributed by atoms with Gasteiger partial charge >= 0.3 is 11.9 Å². The SMILES string of the molecule is CCCCCCCCCCCC(=O)OC(CCCCCCCC)CCCCCCCC(=O)OCC(CCCCCC)CCCCCCCC. The van der Waals surface area contributed by atoms with Crippen LogP contribution in [-0.4, -0.2) is 24.6 Å². The highest BCUT2D eigenvalue weighted by Gasteiger charge is 2.15. The molecule has 0 aliphatic rings. The Bertz CT molecular complexity index is 677. The van der Waals surface area contributed by atoms with Crippen molar-refractivity contribution in [2.24, 2.45) is 5.92 Å². The predicted molar refractivity (Wildman–Crippen MR) is 213 cm³/mol. The number of carbonyl (C=O) groups excluding carboxylic acids is 2. The van der Waals surface area contributed by atoms with Crippen LogP contribution in [0, 0.1) is 5.92 Å². The molecule has 4 heteroatoms. The van der Waals surface area contributed by atoms with Gasteiger partial charge in [0.2, 0.25) is 0 Å². The largest absolute Gasteiger partial charge is 0.465 e. The number of hydrogen-bond acceptors (Lipinski definition) is 4. The van der Waals surface area contributed by atoms with Gasteiger partial charge < -0.3 is 9.47 Å². The Hall–Kier alpha value is -1.06. The quantitative estimate of drug-likeness (QED) is 0.0474. The van der Waals surface area contributed by atoms with Crippen molar-refractivity contribution in [3.63, 3.8) is 0 Å². The second kappa shape index (κ2) is 39.7. The molecule has 0 fully saturated rings. The van der Waals surface area contributed by atoms with Crippen LogP contribution in [0.25, 0.3) is 0 Å². The van der Waals surface area contributed by atoms with E-state index in [1.54, 1.807) is 0 Å². The minimum atomic E-state index is -0.000564. The Morgan fingerprint density at radius 2 is 0.673 bits per heavy atom. The van der Waals surface area contributed by atoms with E-state index in [0.29, 0.717) is 25.4 Å². The monoisotopic (exact) mass is 693 g/mol. The summed E-state index contributed by atoms with van der Waals surface area (Å²) in [6.45, 7) is 9.69. The number of carbonyl (C=O) groups is 2. The molecule has 0 amide bonds. The third-order valence-corrected chi connectivity index (χ3v) is 10.5. The van der Waals surface area contributed by atoms with Crippen LogP contribution in [0.4, 0.5) is 0 Å². The summed E-state index contributed by atoms with van der Waals surface area (Å²) in [6, 6.07) is 0. The molecule has 0 aromatic carbocycles. The molecule has 2 atom stereocenters. The standard InChI is InChI=1S/C45H88O4/c1-5-9-13-17-20-21-22-27-34-40-45(47)49-43(37-31-25-19-15-11-7-3)38-32-26-23-28-33-39-44(46)48-41-42(35-29-16-12-8-4)36-30-24-18-14-10-6-2/h42-43H,5-41H2,1-4H3. The average molecular weight is 693 g/mol. The van der Waals surface area contributed by atoms with Crippen molar-refractivity contribution in [3.05, 3.63) is 0 Å². The van der Waals surface area contributed by atoms with Crippen molar-refractivity contribution in [3.8, 4) is 0 Å². The molecule has 0 saturated heterocycles. The molecule has 0 N–H and O–H groups in total. The van der Waals surface area contributed by atoms with Crippen LogP contribution in [-0.2, 0) is 19.1 Å². The average Bonchev–Trinajstić information content (AvgIpc) is 3.10. The van der Waals surface area contributed by atoms with Crippen molar-refractivity contribution in [2.45, 2.75) is 265 Å². The van der Waals surface area contributed by atoms with Crippen LogP contribution in [0.2, 0.25) is 0 Å². The van der Waals surface area contributed by atoms with E-state index in [1.165, 1.54) is 161 Å². The normalized spacial score (nSPS) is 12.7. The first kappa shape index (κ1) is 47.9. The van der Waals surface area contributed by atoms with E-state index in [2.05, 4.69) is 27.7 Å².